The molecular formula is C26H31F2N4O7P. The molecule has 40 heavy (non-hydrogen) atoms. The summed E-state index contributed by atoms with van der Waals surface area (Å²) in [6, 6.07) is 11.8. The van der Waals surface area contributed by atoms with Gasteiger partial charge in [0.2, 0.25) is 6.29 Å². The van der Waals surface area contributed by atoms with Gasteiger partial charge >= 0.3 is 19.9 Å². The van der Waals surface area contributed by atoms with Gasteiger partial charge in [-0.1, -0.05) is 36.4 Å². The SMILES string of the molecule is COP(=O)(OC)OC(CCC(C)N(C)C(=O)NCc1cccc(F)c1F)OC(=O)Nc1cc2ccccc2cn1. The van der Waals surface area contributed by atoms with Crippen LogP contribution in [0.2, 0.25) is 0 Å². The van der Waals surface area contributed by atoms with Gasteiger partial charge in [-0.05, 0) is 30.9 Å². The van der Waals surface area contributed by atoms with Crippen LogP contribution in [0.3, 0.4) is 0 Å². The molecule has 2 atom stereocenters. The fourth-order valence-corrected chi connectivity index (χ4v) is 4.35. The standard InChI is InChI=1S/C26H31F2N4O7P/c1-17(32(2)25(33)30-16-20-10-7-11-21(27)24(20)28)12-13-23(39-40(35,36-3)37-4)38-26(34)31-22-14-18-8-5-6-9-19(18)15-29-22/h5-11,14-15,17,23H,12-13,16H2,1-4H3,(H,30,33)(H,29,31,34). The van der Waals surface area contributed by atoms with Crippen molar-refractivity contribution < 1.29 is 41.2 Å². The number of aromatic nitrogens is 1. The van der Waals surface area contributed by atoms with Gasteiger partial charge in [0.05, 0.1) is 0 Å². The van der Waals surface area contributed by atoms with Gasteiger partial charge in [-0.3, -0.25) is 14.4 Å². The zero-order chi connectivity index (χ0) is 29.3. The average Bonchev–Trinajstić information content (AvgIpc) is 2.95. The fraction of sp³-hybridized carbons (Fsp3) is 0.346. The Balaban J connectivity index is 1.60. The molecule has 11 nitrogen and oxygen atoms in total. The number of urea groups is 1. The molecule has 216 valence electrons. The van der Waals surface area contributed by atoms with E-state index in [1.165, 1.54) is 24.1 Å². The summed E-state index contributed by atoms with van der Waals surface area (Å²) in [5.74, 6) is -1.82. The number of carbonyl (C=O) groups excluding carboxylic acids is 2. The van der Waals surface area contributed by atoms with Crippen LogP contribution in [-0.4, -0.2) is 55.6 Å². The lowest BCUT2D eigenvalue weighted by atomic mass is 10.1. The number of amides is 3. The van der Waals surface area contributed by atoms with Crippen LogP contribution in [0, 0.1) is 11.6 Å². The summed E-state index contributed by atoms with van der Waals surface area (Å²) in [6.07, 6.45) is -0.507. The Morgan fingerprint density at radius 2 is 1.75 bits per heavy atom. The molecule has 0 aliphatic carbocycles. The van der Waals surface area contributed by atoms with Crippen LogP contribution in [0.4, 0.5) is 24.2 Å². The maximum Gasteiger partial charge on any atom is 0.477 e. The molecule has 0 fully saturated rings. The summed E-state index contributed by atoms with van der Waals surface area (Å²) in [4.78, 5) is 30.7. The van der Waals surface area contributed by atoms with E-state index in [9.17, 15) is 22.9 Å². The molecule has 0 saturated heterocycles. The van der Waals surface area contributed by atoms with Gasteiger partial charge in [0, 0.05) is 57.4 Å². The van der Waals surface area contributed by atoms with E-state index in [1.807, 2.05) is 24.3 Å². The number of pyridine rings is 1. The molecule has 3 amide bonds. The van der Waals surface area contributed by atoms with Crippen LogP contribution >= 0.6 is 7.82 Å². The smallest absolute Gasteiger partial charge is 0.419 e. The second-order valence-corrected chi connectivity index (χ2v) is 10.5. The summed E-state index contributed by atoms with van der Waals surface area (Å²) >= 11 is 0. The molecular weight excluding hydrogens is 549 g/mol. The molecule has 0 bridgehead atoms. The second-order valence-electron chi connectivity index (χ2n) is 8.70. The minimum Gasteiger partial charge on any atom is -0.419 e. The molecule has 0 radical (unpaired) electrons. The van der Waals surface area contributed by atoms with Crippen LogP contribution < -0.4 is 10.6 Å². The van der Waals surface area contributed by atoms with Crippen molar-refractivity contribution >= 4 is 36.5 Å². The minimum absolute atomic E-state index is 0.00179. The number of ether oxygens (including phenoxy) is 1. The number of hydrogen-bond donors (Lipinski definition) is 2. The van der Waals surface area contributed by atoms with Crippen LogP contribution in [0.1, 0.15) is 25.3 Å². The van der Waals surface area contributed by atoms with Crippen molar-refractivity contribution in [2.75, 3.05) is 26.6 Å². The Hall–Kier alpha value is -3.64. The monoisotopic (exact) mass is 580 g/mol. The van der Waals surface area contributed by atoms with Gasteiger partial charge in [0.1, 0.15) is 5.82 Å². The summed E-state index contributed by atoms with van der Waals surface area (Å²) in [7, 11) is -0.311. The lowest BCUT2D eigenvalue weighted by Gasteiger charge is -2.27. The Labute approximate surface area is 230 Å². The largest absolute Gasteiger partial charge is 0.477 e. The molecule has 3 rings (SSSR count). The normalized spacial score (nSPS) is 12.9. The third-order valence-corrected chi connectivity index (χ3v) is 7.44. The Morgan fingerprint density at radius 3 is 2.45 bits per heavy atom. The average molecular weight is 581 g/mol. The molecule has 2 unspecified atom stereocenters. The Kier molecular flexibility index (Phi) is 10.9. The predicted molar refractivity (Wildman–Crippen MR) is 143 cm³/mol. The van der Waals surface area contributed by atoms with Gasteiger partial charge in [-0.25, -0.2) is 32.4 Å². The number of fused-ring (bicyclic) bond motifs is 1. The molecule has 2 N–H and O–H groups in total. The number of benzene rings is 2. The van der Waals surface area contributed by atoms with E-state index in [2.05, 4.69) is 15.6 Å². The number of hydrogen-bond acceptors (Lipinski definition) is 8. The van der Waals surface area contributed by atoms with Crippen molar-refractivity contribution in [2.24, 2.45) is 0 Å². The van der Waals surface area contributed by atoms with Crippen LogP contribution in [0.25, 0.3) is 10.8 Å². The molecule has 3 aromatic rings. The minimum atomic E-state index is -4.04. The first-order valence-corrected chi connectivity index (χ1v) is 13.7. The summed E-state index contributed by atoms with van der Waals surface area (Å²) in [6.45, 7) is 1.49. The Morgan fingerprint density at radius 1 is 1.05 bits per heavy atom. The third-order valence-electron chi connectivity index (χ3n) is 6.06. The summed E-state index contributed by atoms with van der Waals surface area (Å²) in [5, 5.41) is 6.75. The van der Waals surface area contributed by atoms with Gasteiger partial charge < -0.3 is 15.0 Å². The number of carbonyl (C=O) groups is 2. The van der Waals surface area contributed by atoms with Crippen LogP contribution in [0.15, 0.2) is 54.7 Å². The number of halogens is 2. The van der Waals surface area contributed by atoms with E-state index < -0.39 is 43.9 Å². The number of nitrogens with zero attached hydrogens (tertiary/aromatic N) is 2. The molecule has 0 aliphatic rings. The van der Waals surface area contributed by atoms with Gasteiger partial charge in [0.25, 0.3) is 0 Å². The van der Waals surface area contributed by atoms with Crippen LogP contribution in [-0.2, 0) is 29.4 Å². The highest BCUT2D eigenvalue weighted by Gasteiger charge is 2.31. The quantitative estimate of drug-likeness (QED) is 0.203. The first-order chi connectivity index (χ1) is 19.0. The highest BCUT2D eigenvalue weighted by Crippen LogP contribution is 2.49. The maximum absolute atomic E-state index is 13.9. The third kappa shape index (κ3) is 8.43. The zero-order valence-electron chi connectivity index (χ0n) is 22.4. The van der Waals surface area contributed by atoms with E-state index in [-0.39, 0.29) is 30.8 Å². The maximum atomic E-state index is 13.9. The van der Waals surface area contributed by atoms with Crippen molar-refractivity contribution in [2.45, 2.75) is 38.6 Å². The van der Waals surface area contributed by atoms with Crippen molar-refractivity contribution in [1.82, 2.24) is 15.2 Å². The predicted octanol–water partition coefficient (Wildman–Crippen LogP) is 5.82. The molecule has 2 aromatic carbocycles. The summed E-state index contributed by atoms with van der Waals surface area (Å²) < 4.78 is 60.2. The highest BCUT2D eigenvalue weighted by molar-refractivity contribution is 7.48. The molecule has 0 saturated carbocycles. The van der Waals surface area contributed by atoms with Gasteiger partial charge in [-0.15, -0.1) is 0 Å². The number of rotatable bonds is 12. The van der Waals surface area contributed by atoms with E-state index in [0.29, 0.717) is 0 Å². The molecule has 0 aliphatic heterocycles. The highest BCUT2D eigenvalue weighted by atomic mass is 31.2. The number of phosphoric acid groups is 1. The van der Waals surface area contributed by atoms with E-state index in [0.717, 1.165) is 31.1 Å². The lowest BCUT2D eigenvalue weighted by Crippen LogP contribution is -2.42. The van der Waals surface area contributed by atoms with Crippen molar-refractivity contribution in [3.63, 3.8) is 0 Å². The molecule has 14 heteroatoms. The zero-order valence-corrected chi connectivity index (χ0v) is 23.3. The first-order valence-electron chi connectivity index (χ1n) is 12.2. The lowest BCUT2D eigenvalue weighted by molar-refractivity contribution is -0.0556. The van der Waals surface area contributed by atoms with E-state index in [1.54, 1.807) is 19.2 Å². The van der Waals surface area contributed by atoms with E-state index in [4.69, 9.17) is 18.3 Å². The second kappa shape index (κ2) is 14.1. The van der Waals surface area contributed by atoms with Gasteiger partial charge in [0.15, 0.2) is 11.6 Å². The fourth-order valence-electron chi connectivity index (χ4n) is 3.59. The number of anilines is 1. The first kappa shape index (κ1) is 30.9. The number of nitrogens with one attached hydrogen (secondary N) is 2. The van der Waals surface area contributed by atoms with E-state index >= 15 is 0 Å². The molecule has 1 aromatic heterocycles. The van der Waals surface area contributed by atoms with Crippen molar-refractivity contribution in [1.29, 1.82) is 0 Å². The van der Waals surface area contributed by atoms with Crippen molar-refractivity contribution in [3.8, 4) is 0 Å². The summed E-state index contributed by atoms with van der Waals surface area (Å²) in [5.41, 5.74) is -0.00179. The Bertz CT molecular complexity index is 1370. The van der Waals surface area contributed by atoms with Crippen molar-refractivity contribution in [3.05, 3.63) is 71.9 Å². The molecule has 0 spiro atoms. The van der Waals surface area contributed by atoms with Gasteiger partial charge in [-0.2, -0.15) is 0 Å². The van der Waals surface area contributed by atoms with Crippen LogP contribution in [0.5, 0.6) is 0 Å². The molecule has 1 heterocycles. The number of phosphoric ester groups is 1. The topological polar surface area (TPSA) is 128 Å².